The third-order valence-electron chi connectivity index (χ3n) is 8.96. The van der Waals surface area contributed by atoms with Gasteiger partial charge in [0.05, 0.1) is 33.9 Å². The minimum absolute atomic E-state index is 0.0451. The Morgan fingerprint density at radius 1 is 1.05 bits per heavy atom. The lowest BCUT2D eigenvalue weighted by Crippen LogP contribution is -2.48. The van der Waals surface area contributed by atoms with Crippen molar-refractivity contribution in [1.29, 1.82) is 0 Å². The summed E-state index contributed by atoms with van der Waals surface area (Å²) in [6, 6.07) is 8.60. The van der Waals surface area contributed by atoms with E-state index in [1.54, 1.807) is 19.1 Å². The van der Waals surface area contributed by atoms with Crippen LogP contribution in [0, 0.1) is 34.9 Å². The summed E-state index contributed by atoms with van der Waals surface area (Å²) in [5.74, 6) is -5.47. The second-order valence-corrected chi connectivity index (χ2v) is 12.0. The van der Waals surface area contributed by atoms with Crippen molar-refractivity contribution in [3.8, 4) is 5.75 Å². The van der Waals surface area contributed by atoms with E-state index >= 15 is 0 Å². The average Bonchev–Trinajstić information content (AvgIpc) is 3.22. The Morgan fingerprint density at radius 3 is 2.50 bits per heavy atom. The summed E-state index contributed by atoms with van der Waals surface area (Å²) in [5, 5.41) is 10.8. The van der Waals surface area contributed by atoms with Gasteiger partial charge >= 0.3 is 0 Å². The maximum Gasteiger partial charge on any atom is 0.241 e. The number of halogens is 3. The number of hydrogen-bond acceptors (Lipinski definition) is 5. The van der Waals surface area contributed by atoms with E-state index in [2.05, 4.69) is 15.9 Å². The number of carbonyl (C=O) groups is 4. The first-order chi connectivity index (χ1) is 18.0. The topological polar surface area (TPSA) is 95.0 Å². The molecule has 0 bridgehead atoms. The summed E-state index contributed by atoms with van der Waals surface area (Å²) < 4.78 is 14.6. The van der Waals surface area contributed by atoms with E-state index in [4.69, 9.17) is 11.6 Å². The molecule has 2 aromatic carbocycles. The number of likely N-dealkylation sites (tertiary alicyclic amines) is 1. The van der Waals surface area contributed by atoms with E-state index in [9.17, 15) is 28.7 Å². The molecule has 4 aliphatic rings. The lowest BCUT2D eigenvalue weighted by Gasteiger charge is -2.49. The van der Waals surface area contributed by atoms with Crippen LogP contribution in [0.25, 0.3) is 0 Å². The molecule has 6 rings (SSSR count). The van der Waals surface area contributed by atoms with Crippen LogP contribution in [-0.2, 0) is 19.2 Å². The fourth-order valence-electron chi connectivity index (χ4n) is 7.14. The molecule has 7 nitrogen and oxygen atoms in total. The molecule has 3 fully saturated rings. The van der Waals surface area contributed by atoms with Crippen LogP contribution >= 0.6 is 27.5 Å². The molecule has 0 spiro atoms. The first kappa shape index (κ1) is 25.2. The van der Waals surface area contributed by atoms with E-state index in [0.717, 1.165) is 21.4 Å². The first-order valence-electron chi connectivity index (χ1n) is 12.3. The Bertz CT molecular complexity index is 1490. The molecule has 1 saturated carbocycles. The number of anilines is 1. The monoisotopic (exact) mass is 600 g/mol. The predicted molar refractivity (Wildman–Crippen MR) is 140 cm³/mol. The van der Waals surface area contributed by atoms with Crippen molar-refractivity contribution >= 4 is 56.8 Å². The Morgan fingerprint density at radius 2 is 1.79 bits per heavy atom. The standard InChI is InChI=1S/C28H23BrClFN2O5/c1-28-18(25(36)33(27(28)38)13-4-7-20(31)19(30)10-13)11-16-14(23(28)17-9-12(29)3-8-21(17)34)5-6-15-22(16)26(37)32(2)24(15)35/h3-5,7-10,15-16,18,22-23,34H,6,11H2,1-2H3. The number of allylic oxidation sites excluding steroid dienone is 2. The van der Waals surface area contributed by atoms with E-state index in [1.165, 1.54) is 25.2 Å². The molecule has 4 amide bonds. The molecule has 0 aromatic heterocycles. The van der Waals surface area contributed by atoms with Crippen LogP contribution in [0.3, 0.4) is 0 Å². The van der Waals surface area contributed by atoms with Crippen molar-refractivity contribution in [1.82, 2.24) is 4.90 Å². The van der Waals surface area contributed by atoms with Crippen molar-refractivity contribution in [3.05, 3.63) is 68.9 Å². The second kappa shape index (κ2) is 8.48. The van der Waals surface area contributed by atoms with Crippen molar-refractivity contribution in [3.63, 3.8) is 0 Å². The number of amides is 4. The Kier molecular flexibility index (Phi) is 5.63. The third-order valence-corrected chi connectivity index (χ3v) is 9.74. The minimum atomic E-state index is -1.32. The van der Waals surface area contributed by atoms with Gasteiger partial charge in [0.25, 0.3) is 0 Å². The van der Waals surface area contributed by atoms with Crippen LogP contribution in [0.2, 0.25) is 5.02 Å². The number of phenols is 1. The lowest BCUT2D eigenvalue weighted by atomic mass is 9.51. The molecule has 2 saturated heterocycles. The molecular weight excluding hydrogens is 579 g/mol. The summed E-state index contributed by atoms with van der Waals surface area (Å²) in [5.41, 5.74) is 0.0608. The van der Waals surface area contributed by atoms with Crippen molar-refractivity contribution < 1.29 is 28.7 Å². The Hall–Kier alpha value is -3.04. The van der Waals surface area contributed by atoms with Gasteiger partial charge in [0.1, 0.15) is 11.6 Å². The number of aromatic hydroxyl groups is 1. The van der Waals surface area contributed by atoms with E-state index in [0.29, 0.717) is 16.5 Å². The molecule has 2 aliphatic heterocycles. The highest BCUT2D eigenvalue weighted by atomic mass is 79.9. The molecule has 2 aliphatic carbocycles. The van der Waals surface area contributed by atoms with Crippen LogP contribution in [0.15, 0.2) is 52.5 Å². The van der Waals surface area contributed by atoms with Gasteiger partial charge in [0.2, 0.25) is 23.6 Å². The van der Waals surface area contributed by atoms with Crippen LogP contribution in [-0.4, -0.2) is 40.7 Å². The molecule has 2 heterocycles. The van der Waals surface area contributed by atoms with Crippen LogP contribution < -0.4 is 4.90 Å². The van der Waals surface area contributed by atoms with Crippen molar-refractivity contribution in [2.45, 2.75) is 25.7 Å². The smallest absolute Gasteiger partial charge is 0.241 e. The van der Waals surface area contributed by atoms with E-state index < -0.39 is 52.6 Å². The number of rotatable bonds is 2. The summed E-state index contributed by atoms with van der Waals surface area (Å²) in [6.07, 6.45) is 2.44. The molecule has 196 valence electrons. The number of carbonyl (C=O) groups excluding carboxylic acids is 4. The van der Waals surface area contributed by atoms with Crippen LogP contribution in [0.4, 0.5) is 10.1 Å². The minimum Gasteiger partial charge on any atom is -0.508 e. The molecule has 6 unspecified atom stereocenters. The van der Waals surface area contributed by atoms with Gasteiger partial charge in [-0.15, -0.1) is 0 Å². The van der Waals surface area contributed by atoms with Gasteiger partial charge in [-0.25, -0.2) is 9.29 Å². The van der Waals surface area contributed by atoms with Crippen LogP contribution in [0.5, 0.6) is 5.75 Å². The summed E-state index contributed by atoms with van der Waals surface area (Å²) in [4.78, 5) is 56.5. The average molecular weight is 602 g/mol. The molecule has 38 heavy (non-hydrogen) atoms. The number of hydrogen-bond donors (Lipinski definition) is 1. The molecule has 0 radical (unpaired) electrons. The zero-order valence-electron chi connectivity index (χ0n) is 20.5. The SMILES string of the molecule is CN1C(=O)C2CC=C3C(CC4C(=O)N(c5ccc(F)c(Cl)c5)C(=O)C4(C)C3c3cc(Br)ccc3O)C2C1=O. The molecule has 2 aromatic rings. The molecule has 1 N–H and O–H groups in total. The summed E-state index contributed by atoms with van der Waals surface area (Å²) >= 11 is 9.45. The highest BCUT2D eigenvalue weighted by molar-refractivity contribution is 9.10. The number of phenolic OH excluding ortho intramolecular Hbond substituents is 1. The maximum atomic E-state index is 14.2. The quantitative estimate of drug-likeness (QED) is 0.394. The van der Waals surface area contributed by atoms with Crippen molar-refractivity contribution in [2.24, 2.45) is 29.1 Å². The number of fused-ring (bicyclic) bond motifs is 4. The second-order valence-electron chi connectivity index (χ2n) is 10.7. The van der Waals surface area contributed by atoms with Gasteiger partial charge < -0.3 is 5.11 Å². The summed E-state index contributed by atoms with van der Waals surface area (Å²) in [7, 11) is 1.47. The van der Waals surface area contributed by atoms with Gasteiger partial charge in [-0.3, -0.25) is 24.1 Å². The van der Waals surface area contributed by atoms with Gasteiger partial charge in [-0.05, 0) is 62.1 Å². The zero-order valence-corrected chi connectivity index (χ0v) is 22.8. The largest absolute Gasteiger partial charge is 0.508 e. The van der Waals surface area contributed by atoms with Crippen molar-refractivity contribution in [2.75, 3.05) is 11.9 Å². The fraction of sp³-hybridized carbons (Fsp3) is 0.357. The molecule has 6 atom stereocenters. The van der Waals surface area contributed by atoms with Gasteiger partial charge in [0, 0.05) is 23.0 Å². The Balaban J connectivity index is 1.56. The number of nitrogens with zero attached hydrogens (tertiary/aromatic N) is 2. The third kappa shape index (κ3) is 3.24. The highest BCUT2D eigenvalue weighted by Gasteiger charge is 2.67. The van der Waals surface area contributed by atoms with E-state index in [1.807, 2.05) is 6.08 Å². The highest BCUT2D eigenvalue weighted by Crippen LogP contribution is 2.64. The maximum absolute atomic E-state index is 14.2. The summed E-state index contributed by atoms with van der Waals surface area (Å²) in [6.45, 7) is 1.71. The van der Waals surface area contributed by atoms with Gasteiger partial charge in [-0.1, -0.05) is 39.2 Å². The molecular formula is C28H23BrClFN2O5. The predicted octanol–water partition coefficient (Wildman–Crippen LogP) is 4.81. The lowest BCUT2D eigenvalue weighted by molar-refractivity contribution is -0.138. The fourth-order valence-corrected chi connectivity index (χ4v) is 7.70. The van der Waals surface area contributed by atoms with E-state index in [-0.39, 0.29) is 34.7 Å². The van der Waals surface area contributed by atoms with Crippen LogP contribution in [0.1, 0.15) is 31.2 Å². The Labute approximate surface area is 231 Å². The number of benzene rings is 2. The molecule has 10 heteroatoms. The first-order valence-corrected chi connectivity index (χ1v) is 13.5. The van der Waals surface area contributed by atoms with Gasteiger partial charge in [-0.2, -0.15) is 0 Å². The normalized spacial score (nSPS) is 32.3. The number of imide groups is 2. The zero-order chi connectivity index (χ0) is 27.3. The van der Waals surface area contributed by atoms with Gasteiger partial charge in [0.15, 0.2) is 0 Å².